The van der Waals surface area contributed by atoms with Gasteiger partial charge in [0, 0.05) is 18.2 Å². The molecule has 0 fully saturated rings. The lowest BCUT2D eigenvalue weighted by Crippen LogP contribution is -2.26. The predicted molar refractivity (Wildman–Crippen MR) is 84.0 cm³/mol. The monoisotopic (exact) mass is 294 g/mol. The van der Waals surface area contributed by atoms with E-state index in [1.807, 2.05) is 20.8 Å². The standard InChI is InChI=1S/C16H26N2O3/c1-4-20-14-9-8-13(11-15(14)21-5-2)16(19)18-10-6-7-12(3)17/h8-9,11-12H,4-7,10,17H2,1-3H3,(H,18,19). The third kappa shape index (κ3) is 6.04. The number of amides is 1. The van der Waals surface area contributed by atoms with Gasteiger partial charge in [0.25, 0.3) is 5.91 Å². The third-order valence-electron chi connectivity index (χ3n) is 2.93. The highest BCUT2D eigenvalue weighted by atomic mass is 16.5. The number of nitrogens with two attached hydrogens (primary N) is 1. The molecule has 0 saturated heterocycles. The van der Waals surface area contributed by atoms with E-state index in [1.165, 1.54) is 0 Å². The Hall–Kier alpha value is -1.75. The predicted octanol–water partition coefficient (Wildman–Crippen LogP) is 2.34. The smallest absolute Gasteiger partial charge is 0.251 e. The van der Waals surface area contributed by atoms with Crippen LogP contribution >= 0.6 is 0 Å². The molecule has 0 saturated carbocycles. The molecule has 0 heterocycles. The Kier molecular flexibility index (Phi) is 7.61. The van der Waals surface area contributed by atoms with Gasteiger partial charge in [-0.2, -0.15) is 0 Å². The van der Waals surface area contributed by atoms with E-state index in [9.17, 15) is 4.79 Å². The molecule has 1 rings (SSSR count). The van der Waals surface area contributed by atoms with Crippen molar-refractivity contribution in [2.24, 2.45) is 5.73 Å². The molecular weight excluding hydrogens is 268 g/mol. The summed E-state index contributed by atoms with van der Waals surface area (Å²) in [5.41, 5.74) is 6.25. The number of rotatable bonds is 9. The molecule has 21 heavy (non-hydrogen) atoms. The van der Waals surface area contributed by atoms with Crippen LogP contribution in [-0.4, -0.2) is 31.7 Å². The zero-order valence-electron chi connectivity index (χ0n) is 13.1. The van der Waals surface area contributed by atoms with E-state index in [0.29, 0.717) is 36.8 Å². The van der Waals surface area contributed by atoms with Crippen LogP contribution in [0.25, 0.3) is 0 Å². The van der Waals surface area contributed by atoms with Gasteiger partial charge in [-0.1, -0.05) is 0 Å². The highest BCUT2D eigenvalue weighted by Crippen LogP contribution is 2.28. The van der Waals surface area contributed by atoms with Crippen molar-refractivity contribution in [3.05, 3.63) is 23.8 Å². The second kappa shape index (κ2) is 9.23. The second-order valence-corrected chi connectivity index (χ2v) is 4.90. The Labute approximate surface area is 126 Å². The Morgan fingerprint density at radius 1 is 1.24 bits per heavy atom. The van der Waals surface area contributed by atoms with Gasteiger partial charge in [0.05, 0.1) is 13.2 Å². The van der Waals surface area contributed by atoms with E-state index >= 15 is 0 Å². The highest BCUT2D eigenvalue weighted by Gasteiger charge is 2.11. The van der Waals surface area contributed by atoms with Crippen LogP contribution in [0.2, 0.25) is 0 Å². The lowest BCUT2D eigenvalue weighted by molar-refractivity contribution is 0.0952. The minimum Gasteiger partial charge on any atom is -0.490 e. The molecular formula is C16H26N2O3. The minimum atomic E-state index is -0.108. The Bertz CT molecular complexity index is 447. The number of hydrogen-bond acceptors (Lipinski definition) is 4. The van der Waals surface area contributed by atoms with Crippen LogP contribution in [0.4, 0.5) is 0 Å². The van der Waals surface area contributed by atoms with E-state index in [-0.39, 0.29) is 11.9 Å². The van der Waals surface area contributed by atoms with Crippen LogP contribution in [0.1, 0.15) is 44.0 Å². The summed E-state index contributed by atoms with van der Waals surface area (Å²) in [7, 11) is 0. The van der Waals surface area contributed by atoms with Crippen LogP contribution in [-0.2, 0) is 0 Å². The van der Waals surface area contributed by atoms with Gasteiger partial charge in [0.1, 0.15) is 0 Å². The summed E-state index contributed by atoms with van der Waals surface area (Å²) in [4.78, 5) is 12.1. The maximum Gasteiger partial charge on any atom is 0.251 e. The average molecular weight is 294 g/mol. The fourth-order valence-electron chi connectivity index (χ4n) is 1.92. The molecule has 3 N–H and O–H groups in total. The van der Waals surface area contributed by atoms with Gasteiger partial charge < -0.3 is 20.5 Å². The Morgan fingerprint density at radius 3 is 2.52 bits per heavy atom. The van der Waals surface area contributed by atoms with Crippen molar-refractivity contribution >= 4 is 5.91 Å². The number of carbonyl (C=O) groups excluding carboxylic acids is 1. The molecule has 0 aliphatic rings. The average Bonchev–Trinajstić information content (AvgIpc) is 2.45. The summed E-state index contributed by atoms with van der Waals surface area (Å²) in [6.45, 7) is 7.48. The van der Waals surface area contributed by atoms with Crippen molar-refractivity contribution in [2.45, 2.75) is 39.7 Å². The summed E-state index contributed by atoms with van der Waals surface area (Å²) >= 11 is 0. The lowest BCUT2D eigenvalue weighted by atomic mass is 10.1. The molecule has 0 radical (unpaired) electrons. The first-order chi connectivity index (χ1) is 10.1. The SMILES string of the molecule is CCOc1ccc(C(=O)NCCCC(C)N)cc1OCC. The van der Waals surface area contributed by atoms with Crippen LogP contribution in [0, 0.1) is 0 Å². The van der Waals surface area contributed by atoms with Crippen molar-refractivity contribution in [2.75, 3.05) is 19.8 Å². The number of benzene rings is 1. The first-order valence-corrected chi connectivity index (χ1v) is 7.51. The molecule has 1 unspecified atom stereocenters. The highest BCUT2D eigenvalue weighted by molar-refractivity contribution is 5.94. The lowest BCUT2D eigenvalue weighted by Gasteiger charge is -2.12. The Morgan fingerprint density at radius 2 is 1.90 bits per heavy atom. The maximum atomic E-state index is 12.1. The molecule has 5 nitrogen and oxygen atoms in total. The molecule has 0 aliphatic heterocycles. The number of ether oxygens (including phenoxy) is 2. The van der Waals surface area contributed by atoms with Crippen LogP contribution < -0.4 is 20.5 Å². The van der Waals surface area contributed by atoms with Gasteiger partial charge in [-0.15, -0.1) is 0 Å². The molecule has 118 valence electrons. The zero-order chi connectivity index (χ0) is 15.7. The minimum absolute atomic E-state index is 0.108. The van der Waals surface area contributed by atoms with Crippen LogP contribution in [0.5, 0.6) is 11.5 Å². The van der Waals surface area contributed by atoms with Crippen molar-refractivity contribution in [3.8, 4) is 11.5 Å². The topological polar surface area (TPSA) is 73.6 Å². The second-order valence-electron chi connectivity index (χ2n) is 4.90. The normalized spacial score (nSPS) is 11.8. The van der Waals surface area contributed by atoms with Gasteiger partial charge in [-0.05, 0) is 51.8 Å². The number of nitrogens with one attached hydrogen (secondary N) is 1. The molecule has 0 aliphatic carbocycles. The van der Waals surface area contributed by atoms with Crippen molar-refractivity contribution < 1.29 is 14.3 Å². The molecule has 1 atom stereocenters. The third-order valence-corrected chi connectivity index (χ3v) is 2.93. The fourth-order valence-corrected chi connectivity index (χ4v) is 1.92. The first kappa shape index (κ1) is 17.3. The van der Waals surface area contributed by atoms with Crippen molar-refractivity contribution in [3.63, 3.8) is 0 Å². The molecule has 1 amide bonds. The molecule has 0 spiro atoms. The summed E-state index contributed by atoms with van der Waals surface area (Å²) in [6, 6.07) is 5.40. The van der Waals surface area contributed by atoms with Gasteiger partial charge in [-0.3, -0.25) is 4.79 Å². The van der Waals surface area contributed by atoms with Gasteiger partial charge >= 0.3 is 0 Å². The quantitative estimate of drug-likeness (QED) is 0.686. The first-order valence-electron chi connectivity index (χ1n) is 7.51. The largest absolute Gasteiger partial charge is 0.490 e. The molecule has 0 aromatic heterocycles. The number of carbonyl (C=O) groups is 1. The summed E-state index contributed by atoms with van der Waals surface area (Å²) < 4.78 is 11.0. The van der Waals surface area contributed by atoms with Crippen molar-refractivity contribution in [1.29, 1.82) is 0 Å². The molecule has 1 aromatic rings. The van der Waals surface area contributed by atoms with Gasteiger partial charge in [0.15, 0.2) is 11.5 Å². The molecule has 5 heteroatoms. The molecule has 0 bridgehead atoms. The van der Waals surface area contributed by atoms with Gasteiger partial charge in [-0.25, -0.2) is 0 Å². The van der Waals surface area contributed by atoms with E-state index < -0.39 is 0 Å². The van der Waals surface area contributed by atoms with Crippen LogP contribution in [0.15, 0.2) is 18.2 Å². The Balaban J connectivity index is 2.64. The summed E-state index contributed by atoms with van der Waals surface area (Å²) in [5.74, 6) is 1.15. The number of hydrogen-bond donors (Lipinski definition) is 2. The fraction of sp³-hybridized carbons (Fsp3) is 0.562. The molecule has 1 aromatic carbocycles. The zero-order valence-corrected chi connectivity index (χ0v) is 13.1. The van der Waals surface area contributed by atoms with Crippen LogP contribution in [0.3, 0.4) is 0 Å². The van der Waals surface area contributed by atoms with E-state index in [1.54, 1.807) is 18.2 Å². The summed E-state index contributed by atoms with van der Waals surface area (Å²) in [6.07, 6.45) is 1.77. The summed E-state index contributed by atoms with van der Waals surface area (Å²) in [5, 5.41) is 2.88. The maximum absolute atomic E-state index is 12.1. The van der Waals surface area contributed by atoms with E-state index in [4.69, 9.17) is 15.2 Å². The van der Waals surface area contributed by atoms with Crippen molar-refractivity contribution in [1.82, 2.24) is 5.32 Å². The van der Waals surface area contributed by atoms with E-state index in [2.05, 4.69) is 5.32 Å². The van der Waals surface area contributed by atoms with E-state index in [0.717, 1.165) is 12.8 Å². The van der Waals surface area contributed by atoms with Gasteiger partial charge in [0.2, 0.25) is 0 Å².